The van der Waals surface area contributed by atoms with Crippen molar-refractivity contribution in [2.45, 2.75) is 19.6 Å². The maximum absolute atomic E-state index is 13.7. The number of carbonyl (C=O) groups is 2. The average molecular weight is 466 g/mol. The van der Waals surface area contributed by atoms with Crippen molar-refractivity contribution in [3.05, 3.63) is 107 Å². The third-order valence-electron chi connectivity index (χ3n) is 6.28. The van der Waals surface area contributed by atoms with E-state index in [2.05, 4.69) is 10.3 Å². The summed E-state index contributed by atoms with van der Waals surface area (Å²) in [6.07, 6.45) is 3.43. The predicted molar refractivity (Wildman–Crippen MR) is 128 cm³/mol. The Hall–Kier alpha value is -4.59. The van der Waals surface area contributed by atoms with Gasteiger partial charge in [0.1, 0.15) is 5.69 Å². The minimum Gasteiger partial charge on any atom is -0.454 e. The number of rotatable bonds is 4. The van der Waals surface area contributed by atoms with Gasteiger partial charge >= 0.3 is 0 Å². The summed E-state index contributed by atoms with van der Waals surface area (Å²) in [5, 5.41) is 2.97. The summed E-state index contributed by atoms with van der Waals surface area (Å²) in [6.45, 7) is 1.36. The van der Waals surface area contributed by atoms with E-state index in [4.69, 9.17) is 9.47 Å². The first-order valence-corrected chi connectivity index (χ1v) is 11.3. The van der Waals surface area contributed by atoms with Crippen molar-refractivity contribution in [2.24, 2.45) is 0 Å². The number of ether oxygens (including phenoxy) is 2. The zero-order valence-electron chi connectivity index (χ0n) is 18.8. The molecular formula is C27H22N4O4. The van der Waals surface area contributed by atoms with Gasteiger partial charge in [0.05, 0.1) is 13.1 Å². The number of para-hydroxylation sites is 1. The molecule has 0 saturated carbocycles. The zero-order chi connectivity index (χ0) is 23.8. The molecule has 6 rings (SSSR count). The first-order chi connectivity index (χ1) is 17.2. The highest BCUT2D eigenvalue weighted by atomic mass is 16.7. The van der Waals surface area contributed by atoms with Crippen LogP contribution >= 0.6 is 0 Å². The zero-order valence-corrected chi connectivity index (χ0v) is 18.8. The lowest BCUT2D eigenvalue weighted by Gasteiger charge is -2.23. The summed E-state index contributed by atoms with van der Waals surface area (Å²) in [4.78, 5) is 32.6. The van der Waals surface area contributed by atoms with Crippen molar-refractivity contribution in [1.82, 2.24) is 14.9 Å². The molecule has 2 aromatic carbocycles. The van der Waals surface area contributed by atoms with Crippen LogP contribution in [0.1, 0.15) is 37.7 Å². The van der Waals surface area contributed by atoms with Gasteiger partial charge in [-0.15, -0.1) is 0 Å². The summed E-state index contributed by atoms with van der Waals surface area (Å²) < 4.78 is 12.8. The average Bonchev–Trinajstić information content (AvgIpc) is 3.49. The Kier molecular flexibility index (Phi) is 5.18. The van der Waals surface area contributed by atoms with E-state index in [-0.39, 0.29) is 18.6 Å². The summed E-state index contributed by atoms with van der Waals surface area (Å²) in [5.74, 6) is 0.879. The molecule has 2 aromatic heterocycles. The van der Waals surface area contributed by atoms with E-state index >= 15 is 0 Å². The molecular weight excluding hydrogens is 444 g/mol. The fourth-order valence-electron chi connectivity index (χ4n) is 4.50. The number of amides is 2. The largest absolute Gasteiger partial charge is 0.454 e. The Morgan fingerprint density at radius 3 is 2.71 bits per heavy atom. The molecule has 35 heavy (non-hydrogen) atoms. The number of benzene rings is 2. The molecule has 2 aliphatic rings. The van der Waals surface area contributed by atoms with Crippen LogP contribution in [0.25, 0.3) is 0 Å². The Morgan fingerprint density at radius 1 is 0.943 bits per heavy atom. The molecule has 2 aliphatic heterocycles. The lowest BCUT2D eigenvalue weighted by molar-refractivity contribution is 0.0941. The Labute approximate surface area is 201 Å². The normalized spacial score (nSPS) is 13.5. The highest BCUT2D eigenvalue weighted by molar-refractivity contribution is 6.07. The monoisotopic (exact) mass is 466 g/mol. The van der Waals surface area contributed by atoms with Gasteiger partial charge in [-0.3, -0.25) is 14.6 Å². The van der Waals surface area contributed by atoms with Crippen LogP contribution in [0, 0.1) is 0 Å². The molecule has 174 valence electrons. The van der Waals surface area contributed by atoms with Crippen LogP contribution in [0.3, 0.4) is 0 Å². The maximum atomic E-state index is 13.7. The van der Waals surface area contributed by atoms with Crippen molar-refractivity contribution in [2.75, 3.05) is 11.7 Å². The van der Waals surface area contributed by atoms with E-state index in [0.717, 1.165) is 22.5 Å². The van der Waals surface area contributed by atoms with Gasteiger partial charge in [-0.2, -0.15) is 0 Å². The summed E-state index contributed by atoms with van der Waals surface area (Å²) in [5.41, 5.74) is 4.64. The van der Waals surface area contributed by atoms with Crippen molar-refractivity contribution < 1.29 is 19.1 Å². The van der Waals surface area contributed by atoms with Crippen LogP contribution in [-0.4, -0.2) is 28.2 Å². The second kappa shape index (κ2) is 8.64. The van der Waals surface area contributed by atoms with E-state index in [0.29, 0.717) is 42.4 Å². The van der Waals surface area contributed by atoms with E-state index < -0.39 is 0 Å². The first kappa shape index (κ1) is 21.0. The highest BCUT2D eigenvalue weighted by Gasteiger charge is 2.28. The van der Waals surface area contributed by atoms with Gasteiger partial charge in [-0.05, 0) is 53.6 Å². The van der Waals surface area contributed by atoms with Gasteiger partial charge in [-0.25, -0.2) is 0 Å². The number of pyridine rings is 1. The smallest absolute Gasteiger partial charge is 0.268 e. The number of anilines is 1. The lowest BCUT2D eigenvalue weighted by atomic mass is 10.1. The van der Waals surface area contributed by atoms with Crippen LogP contribution in [0.2, 0.25) is 0 Å². The van der Waals surface area contributed by atoms with E-state index in [9.17, 15) is 9.59 Å². The molecule has 4 heterocycles. The Morgan fingerprint density at radius 2 is 1.83 bits per heavy atom. The topological polar surface area (TPSA) is 85.7 Å². The van der Waals surface area contributed by atoms with E-state index in [1.807, 2.05) is 53.1 Å². The molecule has 2 amide bonds. The van der Waals surface area contributed by atoms with Gasteiger partial charge in [-0.1, -0.05) is 24.3 Å². The van der Waals surface area contributed by atoms with Gasteiger partial charge in [0, 0.05) is 35.9 Å². The number of carbonyl (C=O) groups excluding carboxylic acids is 2. The quantitative estimate of drug-likeness (QED) is 0.495. The van der Waals surface area contributed by atoms with Gasteiger partial charge in [0.2, 0.25) is 6.79 Å². The molecule has 0 saturated heterocycles. The minimum absolute atomic E-state index is 0.145. The summed E-state index contributed by atoms with van der Waals surface area (Å²) in [7, 11) is 0. The fraction of sp³-hybridized carbons (Fsp3) is 0.148. The molecule has 0 aliphatic carbocycles. The molecule has 0 spiro atoms. The SMILES string of the molecule is O=C(NCc1cccnc1)c1ccc2n1Cc1ccccc1N(C(=O)c1ccc3c(c1)OCO3)C2. The second-order valence-electron chi connectivity index (χ2n) is 8.43. The van der Waals surface area contributed by atoms with Crippen LogP contribution in [0.4, 0.5) is 5.69 Å². The highest BCUT2D eigenvalue weighted by Crippen LogP contribution is 2.35. The third-order valence-corrected chi connectivity index (χ3v) is 6.28. The van der Waals surface area contributed by atoms with Crippen LogP contribution in [0.5, 0.6) is 11.5 Å². The molecule has 0 radical (unpaired) electrons. The Bertz CT molecular complexity index is 1430. The summed E-state index contributed by atoms with van der Waals surface area (Å²) >= 11 is 0. The molecule has 4 aromatic rings. The van der Waals surface area contributed by atoms with Crippen LogP contribution in [-0.2, 0) is 19.6 Å². The van der Waals surface area contributed by atoms with Gasteiger partial charge in [0.15, 0.2) is 11.5 Å². The van der Waals surface area contributed by atoms with Crippen LogP contribution < -0.4 is 19.7 Å². The van der Waals surface area contributed by atoms with Gasteiger partial charge < -0.3 is 24.3 Å². The molecule has 0 bridgehead atoms. The number of aromatic nitrogens is 2. The summed E-state index contributed by atoms with van der Waals surface area (Å²) in [6, 6.07) is 20.5. The molecule has 1 N–H and O–H groups in total. The van der Waals surface area contributed by atoms with Crippen molar-refractivity contribution in [1.29, 1.82) is 0 Å². The van der Waals surface area contributed by atoms with E-state index in [1.54, 1.807) is 35.5 Å². The first-order valence-electron chi connectivity index (χ1n) is 11.3. The number of hydrogen-bond donors (Lipinski definition) is 1. The lowest BCUT2D eigenvalue weighted by Crippen LogP contribution is -2.30. The maximum Gasteiger partial charge on any atom is 0.268 e. The van der Waals surface area contributed by atoms with Gasteiger partial charge in [0.25, 0.3) is 11.8 Å². The predicted octanol–water partition coefficient (Wildman–Crippen LogP) is 3.75. The van der Waals surface area contributed by atoms with Crippen LogP contribution in [0.15, 0.2) is 79.1 Å². The molecule has 8 nitrogen and oxygen atoms in total. The Balaban J connectivity index is 1.31. The van der Waals surface area contributed by atoms with Crippen molar-refractivity contribution in [3.8, 4) is 11.5 Å². The number of nitrogens with one attached hydrogen (secondary N) is 1. The molecule has 0 unspecified atom stereocenters. The molecule has 0 fully saturated rings. The number of fused-ring (bicyclic) bond motifs is 3. The van der Waals surface area contributed by atoms with E-state index in [1.165, 1.54) is 0 Å². The van der Waals surface area contributed by atoms with Crippen molar-refractivity contribution in [3.63, 3.8) is 0 Å². The molecule has 0 atom stereocenters. The number of hydrogen-bond acceptors (Lipinski definition) is 5. The molecule has 8 heteroatoms. The standard InChI is InChI=1S/C27H22N4O4/c32-26(29-14-18-4-3-11-28-13-18)23-9-8-21-16-31(22-6-2-1-5-20(22)15-30(21)23)27(33)19-7-10-24-25(12-19)35-17-34-24/h1-13H,14-17H2,(H,29,32). The minimum atomic E-state index is -0.173. The fourth-order valence-corrected chi connectivity index (χ4v) is 4.50. The van der Waals surface area contributed by atoms with Crippen molar-refractivity contribution >= 4 is 17.5 Å². The third kappa shape index (κ3) is 3.89. The number of nitrogens with zero attached hydrogens (tertiary/aromatic N) is 3. The second-order valence-corrected chi connectivity index (χ2v) is 8.43.